The third kappa shape index (κ3) is 4.40. The van der Waals surface area contributed by atoms with Crippen molar-refractivity contribution < 1.29 is 47.9 Å². The van der Waals surface area contributed by atoms with Gasteiger partial charge in [0.05, 0.1) is 40.0 Å². The highest BCUT2D eigenvalue weighted by Crippen LogP contribution is 2.61. The Hall–Kier alpha value is -3.92. The zero-order valence-electron chi connectivity index (χ0n) is 24.3. The lowest BCUT2D eigenvalue weighted by Crippen LogP contribution is -2.47. The molecule has 1 aliphatic heterocycles. The van der Waals surface area contributed by atoms with E-state index in [0.717, 1.165) is 0 Å². The number of hydrogen-bond acceptors (Lipinski definition) is 10. The fraction of sp³-hybridized carbons (Fsp3) is 0.467. The van der Waals surface area contributed by atoms with Crippen LogP contribution in [0.1, 0.15) is 57.8 Å². The number of rotatable bonds is 7. The Kier molecular flexibility index (Phi) is 7.94. The highest BCUT2D eigenvalue weighted by Gasteiger charge is 2.52. The summed E-state index contributed by atoms with van der Waals surface area (Å²) in [6.45, 7) is 8.00. The van der Waals surface area contributed by atoms with Gasteiger partial charge in [0.15, 0.2) is 28.8 Å². The highest BCUT2D eigenvalue weighted by molar-refractivity contribution is 6.03. The van der Waals surface area contributed by atoms with Crippen LogP contribution >= 0.6 is 0 Å². The zero-order valence-corrected chi connectivity index (χ0v) is 24.3. The molecule has 0 bridgehead atoms. The molecule has 10 heteroatoms. The Labute approximate surface area is 233 Å². The summed E-state index contributed by atoms with van der Waals surface area (Å²) in [7, 11) is 5.90. The van der Waals surface area contributed by atoms with Gasteiger partial charge in [-0.05, 0) is 44.0 Å². The highest BCUT2D eigenvalue weighted by atomic mass is 16.7. The molecule has 40 heavy (non-hydrogen) atoms. The molecule has 0 aromatic heterocycles. The normalized spacial score (nSPS) is 23.2. The van der Waals surface area contributed by atoms with Crippen molar-refractivity contribution in [3.63, 3.8) is 0 Å². The molecule has 4 rings (SSSR count). The number of carbonyl (C=O) groups is 2. The molecule has 1 N–H and O–H groups in total. The van der Waals surface area contributed by atoms with E-state index >= 15 is 0 Å². The van der Waals surface area contributed by atoms with Crippen LogP contribution < -0.4 is 28.4 Å². The largest absolute Gasteiger partial charge is 0.493 e. The predicted molar refractivity (Wildman–Crippen MR) is 146 cm³/mol. The van der Waals surface area contributed by atoms with Crippen LogP contribution in [0.15, 0.2) is 23.8 Å². The van der Waals surface area contributed by atoms with Crippen molar-refractivity contribution in [1.29, 1.82) is 0 Å². The number of Topliss-reactive ketones (excluding diaryl/α,β-unsaturated/α-hetero) is 1. The molecule has 0 saturated carbocycles. The van der Waals surface area contributed by atoms with Gasteiger partial charge in [0, 0.05) is 29.5 Å². The minimum absolute atomic E-state index is 0.0440. The first-order valence-electron chi connectivity index (χ1n) is 12.9. The van der Waals surface area contributed by atoms with Gasteiger partial charge in [-0.25, -0.2) is 0 Å². The molecule has 2 aliphatic rings. The lowest BCUT2D eigenvalue weighted by molar-refractivity contribution is -0.157. The summed E-state index contributed by atoms with van der Waals surface area (Å²) in [5.74, 6) is -0.986. The van der Waals surface area contributed by atoms with Crippen molar-refractivity contribution in [2.75, 3.05) is 35.2 Å². The Morgan fingerprint density at radius 3 is 2.12 bits per heavy atom. The molecule has 0 fully saturated rings. The summed E-state index contributed by atoms with van der Waals surface area (Å²) >= 11 is 0. The van der Waals surface area contributed by atoms with E-state index in [1.807, 2.05) is 0 Å². The van der Waals surface area contributed by atoms with E-state index in [1.54, 1.807) is 45.9 Å². The van der Waals surface area contributed by atoms with Gasteiger partial charge in [-0.15, -0.1) is 0 Å². The topological polar surface area (TPSA) is 119 Å². The standard InChI is InChI=1S/C30H36O10/c1-10-14(2)24(32)23-17-11-19(34-6)26(35-7)28(36-8)21(17)22-18(12-20-27(29(22)37-9)39-13-38-20)25(40-16(4)31)15(3)30(23,5)33/h10-12,15,23,25,33H,13H2,1-9H3. The van der Waals surface area contributed by atoms with E-state index in [1.165, 1.54) is 35.4 Å². The monoisotopic (exact) mass is 556 g/mol. The molecule has 216 valence electrons. The molecule has 0 amide bonds. The van der Waals surface area contributed by atoms with Crippen LogP contribution in [-0.4, -0.2) is 57.7 Å². The Morgan fingerprint density at radius 2 is 1.57 bits per heavy atom. The maximum Gasteiger partial charge on any atom is 0.303 e. The molecule has 2 aromatic rings. The van der Waals surface area contributed by atoms with Crippen LogP contribution in [0, 0.1) is 5.92 Å². The van der Waals surface area contributed by atoms with Crippen molar-refractivity contribution in [3.05, 3.63) is 34.9 Å². The molecular formula is C30H36O10. The van der Waals surface area contributed by atoms with Crippen molar-refractivity contribution in [2.24, 2.45) is 5.92 Å². The molecule has 4 atom stereocenters. The number of carbonyl (C=O) groups excluding carboxylic acids is 2. The molecule has 0 saturated heterocycles. The van der Waals surface area contributed by atoms with E-state index in [2.05, 4.69) is 0 Å². The fourth-order valence-corrected chi connectivity index (χ4v) is 5.64. The summed E-state index contributed by atoms with van der Waals surface area (Å²) in [5, 5.41) is 12.3. The molecule has 0 spiro atoms. The summed E-state index contributed by atoms with van der Waals surface area (Å²) in [6.07, 6.45) is 0.674. The maximum atomic E-state index is 14.1. The summed E-state index contributed by atoms with van der Waals surface area (Å²) < 4.78 is 40.6. The number of benzene rings is 2. The SMILES string of the molecule is CC=C(C)C(=O)C1c2cc(OC)c(OC)c(OC)c2-c2c(cc3c(c2OC)OCO3)C(OC(C)=O)C(C)C1(C)O. The van der Waals surface area contributed by atoms with E-state index in [4.69, 9.17) is 33.2 Å². The first kappa shape index (κ1) is 29.1. The third-order valence-corrected chi connectivity index (χ3v) is 7.92. The lowest BCUT2D eigenvalue weighted by atomic mass is 9.65. The minimum atomic E-state index is -1.73. The van der Waals surface area contributed by atoms with Gasteiger partial charge in [0.1, 0.15) is 6.10 Å². The van der Waals surface area contributed by atoms with Crippen LogP contribution in [-0.2, 0) is 14.3 Å². The number of hydrogen-bond donors (Lipinski definition) is 1. The van der Waals surface area contributed by atoms with Crippen molar-refractivity contribution >= 4 is 11.8 Å². The van der Waals surface area contributed by atoms with Crippen molar-refractivity contribution in [3.8, 4) is 45.6 Å². The van der Waals surface area contributed by atoms with Crippen LogP contribution in [0.3, 0.4) is 0 Å². The van der Waals surface area contributed by atoms with E-state index in [-0.39, 0.29) is 29.8 Å². The van der Waals surface area contributed by atoms with Crippen LogP contribution in [0.5, 0.6) is 34.5 Å². The summed E-state index contributed by atoms with van der Waals surface area (Å²) in [5.41, 5.74) is 0.449. The number of ketones is 1. The molecule has 2 aromatic carbocycles. The molecule has 1 aliphatic carbocycles. The summed E-state index contributed by atoms with van der Waals surface area (Å²) in [4.78, 5) is 26.6. The first-order valence-corrected chi connectivity index (χ1v) is 12.9. The smallest absolute Gasteiger partial charge is 0.303 e. The molecule has 0 radical (unpaired) electrons. The van der Waals surface area contributed by atoms with Crippen molar-refractivity contribution in [2.45, 2.75) is 52.2 Å². The Morgan fingerprint density at radius 1 is 0.950 bits per heavy atom. The molecule has 1 heterocycles. The van der Waals surface area contributed by atoms with E-state index in [0.29, 0.717) is 45.1 Å². The average Bonchev–Trinajstić information content (AvgIpc) is 3.41. The minimum Gasteiger partial charge on any atom is -0.493 e. The second kappa shape index (κ2) is 10.9. The van der Waals surface area contributed by atoms with Crippen LogP contribution in [0.4, 0.5) is 0 Å². The molecule has 10 nitrogen and oxygen atoms in total. The van der Waals surface area contributed by atoms with Gasteiger partial charge in [0.25, 0.3) is 0 Å². The number of allylic oxidation sites excluding steroid dienone is 2. The second-order valence-electron chi connectivity index (χ2n) is 10.0. The van der Waals surface area contributed by atoms with Gasteiger partial charge in [-0.1, -0.05) is 13.0 Å². The zero-order chi connectivity index (χ0) is 29.5. The van der Waals surface area contributed by atoms with Gasteiger partial charge in [0.2, 0.25) is 18.3 Å². The van der Waals surface area contributed by atoms with E-state index < -0.39 is 29.5 Å². The van der Waals surface area contributed by atoms with Gasteiger partial charge in [-0.2, -0.15) is 0 Å². The average molecular weight is 557 g/mol. The lowest BCUT2D eigenvalue weighted by Gasteiger charge is -2.44. The van der Waals surface area contributed by atoms with Gasteiger partial charge >= 0.3 is 5.97 Å². The van der Waals surface area contributed by atoms with E-state index in [9.17, 15) is 14.7 Å². The van der Waals surface area contributed by atoms with Crippen LogP contribution in [0.2, 0.25) is 0 Å². The second-order valence-corrected chi connectivity index (χ2v) is 10.0. The molecule has 4 unspecified atom stereocenters. The Balaban J connectivity index is 2.31. The number of methoxy groups -OCH3 is 4. The maximum absolute atomic E-state index is 14.1. The molecular weight excluding hydrogens is 520 g/mol. The van der Waals surface area contributed by atoms with Crippen LogP contribution in [0.25, 0.3) is 11.1 Å². The number of ether oxygens (including phenoxy) is 7. The van der Waals surface area contributed by atoms with Gasteiger partial charge < -0.3 is 38.3 Å². The quantitative estimate of drug-likeness (QED) is 0.378. The van der Waals surface area contributed by atoms with Crippen molar-refractivity contribution in [1.82, 2.24) is 0 Å². The first-order chi connectivity index (χ1) is 19.0. The van der Waals surface area contributed by atoms with Gasteiger partial charge in [-0.3, -0.25) is 9.59 Å². The number of fused-ring (bicyclic) bond motifs is 4. The number of esters is 1. The Bertz CT molecular complexity index is 1370. The fourth-order valence-electron chi connectivity index (χ4n) is 5.64. The summed E-state index contributed by atoms with van der Waals surface area (Å²) in [6, 6.07) is 3.38. The predicted octanol–water partition coefficient (Wildman–Crippen LogP) is 4.74. The third-order valence-electron chi connectivity index (χ3n) is 7.92. The number of aliphatic hydroxyl groups is 1.